The SMILES string of the molecule is CC(C)(C)CC(=O)Nc1ccc(-c2ncc[nH]2)cc1. The number of H-pyrrole nitrogens is 1. The molecular weight excluding hydrogens is 238 g/mol. The van der Waals surface area contributed by atoms with Crippen LogP contribution < -0.4 is 5.32 Å². The van der Waals surface area contributed by atoms with Gasteiger partial charge in [-0.3, -0.25) is 4.79 Å². The topological polar surface area (TPSA) is 57.8 Å². The highest BCUT2D eigenvalue weighted by Crippen LogP contribution is 2.21. The standard InChI is InChI=1S/C15H19N3O/c1-15(2,3)10-13(19)18-12-6-4-11(5-7-12)14-16-8-9-17-14/h4-9H,10H2,1-3H3,(H,16,17)(H,18,19). The van der Waals surface area contributed by atoms with Gasteiger partial charge in [0.2, 0.25) is 5.91 Å². The number of aromatic nitrogens is 2. The maximum atomic E-state index is 11.8. The monoisotopic (exact) mass is 257 g/mol. The maximum Gasteiger partial charge on any atom is 0.224 e. The van der Waals surface area contributed by atoms with Crippen LogP contribution in [0.15, 0.2) is 36.7 Å². The quantitative estimate of drug-likeness (QED) is 0.884. The van der Waals surface area contributed by atoms with Crippen LogP contribution in [-0.4, -0.2) is 15.9 Å². The van der Waals surface area contributed by atoms with Crippen LogP contribution in [0.1, 0.15) is 27.2 Å². The Morgan fingerprint density at radius 2 is 1.95 bits per heavy atom. The molecule has 0 spiro atoms. The lowest BCUT2D eigenvalue weighted by atomic mass is 9.92. The zero-order valence-corrected chi connectivity index (χ0v) is 11.5. The first-order valence-corrected chi connectivity index (χ1v) is 6.34. The van der Waals surface area contributed by atoms with E-state index in [1.807, 2.05) is 45.0 Å². The molecule has 2 aromatic rings. The summed E-state index contributed by atoms with van der Waals surface area (Å²) >= 11 is 0. The normalized spacial score (nSPS) is 11.3. The predicted octanol–water partition coefficient (Wildman–Crippen LogP) is 3.45. The van der Waals surface area contributed by atoms with Gasteiger partial charge in [0, 0.05) is 30.1 Å². The van der Waals surface area contributed by atoms with Crippen LogP contribution in [0.25, 0.3) is 11.4 Å². The number of nitrogens with one attached hydrogen (secondary N) is 2. The van der Waals surface area contributed by atoms with E-state index in [-0.39, 0.29) is 11.3 Å². The van der Waals surface area contributed by atoms with E-state index >= 15 is 0 Å². The van der Waals surface area contributed by atoms with Crippen molar-refractivity contribution < 1.29 is 4.79 Å². The summed E-state index contributed by atoms with van der Waals surface area (Å²) in [5.74, 6) is 0.866. The van der Waals surface area contributed by atoms with Gasteiger partial charge in [-0.2, -0.15) is 0 Å². The van der Waals surface area contributed by atoms with E-state index in [1.165, 1.54) is 0 Å². The molecule has 0 radical (unpaired) electrons. The first-order valence-electron chi connectivity index (χ1n) is 6.34. The summed E-state index contributed by atoms with van der Waals surface area (Å²) in [4.78, 5) is 19.0. The molecule has 4 nitrogen and oxygen atoms in total. The van der Waals surface area contributed by atoms with Crippen LogP contribution in [-0.2, 0) is 4.79 Å². The van der Waals surface area contributed by atoms with Crippen LogP contribution in [0.4, 0.5) is 5.69 Å². The molecule has 0 atom stereocenters. The minimum atomic E-state index is -0.00179. The molecule has 1 aromatic heterocycles. The van der Waals surface area contributed by atoms with Gasteiger partial charge in [-0.1, -0.05) is 20.8 Å². The number of benzene rings is 1. The fourth-order valence-corrected chi connectivity index (χ4v) is 1.82. The Balaban J connectivity index is 2.01. The van der Waals surface area contributed by atoms with Crippen molar-refractivity contribution in [2.75, 3.05) is 5.32 Å². The Morgan fingerprint density at radius 1 is 1.26 bits per heavy atom. The number of hydrogen-bond donors (Lipinski definition) is 2. The van der Waals surface area contributed by atoms with Gasteiger partial charge in [-0.25, -0.2) is 4.98 Å². The van der Waals surface area contributed by atoms with E-state index in [0.717, 1.165) is 17.1 Å². The van der Waals surface area contributed by atoms with Gasteiger partial charge in [0.15, 0.2) is 0 Å². The summed E-state index contributed by atoms with van der Waals surface area (Å²) in [7, 11) is 0. The van der Waals surface area contributed by atoms with E-state index < -0.39 is 0 Å². The van der Waals surface area contributed by atoms with Crippen molar-refractivity contribution in [1.82, 2.24) is 9.97 Å². The third-order valence-corrected chi connectivity index (χ3v) is 2.63. The van der Waals surface area contributed by atoms with Crippen LogP contribution in [0.2, 0.25) is 0 Å². The highest BCUT2D eigenvalue weighted by molar-refractivity contribution is 5.91. The molecule has 0 unspecified atom stereocenters. The van der Waals surface area contributed by atoms with Gasteiger partial charge >= 0.3 is 0 Å². The molecule has 0 aliphatic carbocycles. The molecule has 2 rings (SSSR count). The fourth-order valence-electron chi connectivity index (χ4n) is 1.82. The number of carbonyl (C=O) groups is 1. The Labute approximate surface area is 113 Å². The number of anilines is 1. The number of imidazole rings is 1. The lowest BCUT2D eigenvalue weighted by Crippen LogP contribution is -2.19. The second kappa shape index (κ2) is 5.26. The van der Waals surface area contributed by atoms with E-state index in [1.54, 1.807) is 12.4 Å². The second-order valence-electron chi connectivity index (χ2n) is 5.80. The molecule has 100 valence electrons. The van der Waals surface area contributed by atoms with Gasteiger partial charge in [-0.15, -0.1) is 0 Å². The number of carbonyl (C=O) groups excluding carboxylic acids is 1. The molecule has 1 heterocycles. The molecule has 1 aromatic carbocycles. The van der Waals surface area contributed by atoms with Crippen molar-refractivity contribution in [3.8, 4) is 11.4 Å². The van der Waals surface area contributed by atoms with Crippen LogP contribution in [0, 0.1) is 5.41 Å². The average molecular weight is 257 g/mol. The molecule has 0 aliphatic heterocycles. The van der Waals surface area contributed by atoms with E-state index in [2.05, 4.69) is 15.3 Å². The molecule has 0 bridgehead atoms. The molecule has 1 amide bonds. The third kappa shape index (κ3) is 3.95. The second-order valence-corrected chi connectivity index (χ2v) is 5.80. The number of nitrogens with zero attached hydrogens (tertiary/aromatic N) is 1. The van der Waals surface area contributed by atoms with Crippen molar-refractivity contribution >= 4 is 11.6 Å². The van der Waals surface area contributed by atoms with E-state index in [9.17, 15) is 4.79 Å². The molecule has 0 saturated carbocycles. The number of aromatic amines is 1. The van der Waals surface area contributed by atoms with Gasteiger partial charge in [0.1, 0.15) is 5.82 Å². The number of hydrogen-bond acceptors (Lipinski definition) is 2. The van der Waals surface area contributed by atoms with Crippen molar-refractivity contribution in [3.05, 3.63) is 36.7 Å². The Bertz CT molecular complexity index is 536. The van der Waals surface area contributed by atoms with Crippen molar-refractivity contribution in [3.63, 3.8) is 0 Å². The summed E-state index contributed by atoms with van der Waals surface area (Å²) in [6.07, 6.45) is 4.01. The summed E-state index contributed by atoms with van der Waals surface area (Å²) in [6.45, 7) is 6.14. The highest BCUT2D eigenvalue weighted by atomic mass is 16.1. The predicted molar refractivity (Wildman–Crippen MR) is 76.7 cm³/mol. The Morgan fingerprint density at radius 3 is 2.47 bits per heavy atom. The van der Waals surface area contributed by atoms with Crippen LogP contribution in [0.5, 0.6) is 0 Å². The summed E-state index contributed by atoms with van der Waals surface area (Å²) in [5.41, 5.74) is 1.81. The zero-order chi connectivity index (χ0) is 13.9. The Kier molecular flexibility index (Phi) is 3.69. The first kappa shape index (κ1) is 13.3. The van der Waals surface area contributed by atoms with Crippen LogP contribution in [0.3, 0.4) is 0 Å². The maximum absolute atomic E-state index is 11.8. The minimum absolute atomic E-state index is 0.00179. The first-order chi connectivity index (χ1) is 8.94. The van der Waals surface area contributed by atoms with E-state index in [4.69, 9.17) is 0 Å². The molecule has 2 N–H and O–H groups in total. The highest BCUT2D eigenvalue weighted by Gasteiger charge is 2.15. The minimum Gasteiger partial charge on any atom is -0.345 e. The number of amides is 1. The summed E-state index contributed by atoms with van der Waals surface area (Å²) in [5, 5.41) is 2.90. The molecule has 4 heteroatoms. The van der Waals surface area contributed by atoms with Gasteiger partial charge < -0.3 is 10.3 Å². The van der Waals surface area contributed by atoms with Crippen LogP contribution >= 0.6 is 0 Å². The molecule has 0 saturated heterocycles. The smallest absolute Gasteiger partial charge is 0.224 e. The average Bonchev–Trinajstić information content (AvgIpc) is 2.80. The van der Waals surface area contributed by atoms with Crippen molar-refractivity contribution in [1.29, 1.82) is 0 Å². The summed E-state index contributed by atoms with van der Waals surface area (Å²) < 4.78 is 0. The molecular formula is C15H19N3O. The summed E-state index contributed by atoms with van der Waals surface area (Å²) in [6, 6.07) is 7.65. The number of rotatable bonds is 3. The van der Waals surface area contributed by atoms with Crippen molar-refractivity contribution in [2.24, 2.45) is 5.41 Å². The lowest BCUT2D eigenvalue weighted by molar-refractivity contribution is -0.117. The molecule has 0 aliphatic rings. The van der Waals surface area contributed by atoms with E-state index in [0.29, 0.717) is 6.42 Å². The molecule has 19 heavy (non-hydrogen) atoms. The lowest BCUT2D eigenvalue weighted by Gasteiger charge is -2.17. The van der Waals surface area contributed by atoms with Gasteiger partial charge in [-0.05, 0) is 29.7 Å². The fraction of sp³-hybridized carbons (Fsp3) is 0.333. The van der Waals surface area contributed by atoms with Gasteiger partial charge in [0.25, 0.3) is 0 Å². The van der Waals surface area contributed by atoms with Crippen molar-refractivity contribution in [2.45, 2.75) is 27.2 Å². The van der Waals surface area contributed by atoms with Gasteiger partial charge in [0.05, 0.1) is 0 Å². The third-order valence-electron chi connectivity index (χ3n) is 2.63. The largest absolute Gasteiger partial charge is 0.345 e. The Hall–Kier alpha value is -2.10. The molecule has 0 fully saturated rings. The zero-order valence-electron chi connectivity index (χ0n) is 11.5.